The van der Waals surface area contributed by atoms with Gasteiger partial charge in [0.1, 0.15) is 11.7 Å². The van der Waals surface area contributed by atoms with E-state index in [4.69, 9.17) is 16.3 Å². The van der Waals surface area contributed by atoms with E-state index in [1.54, 1.807) is 24.3 Å². The Balaban J connectivity index is 2.44. The third-order valence-corrected chi connectivity index (χ3v) is 3.33. The molecule has 106 valence electrons. The topological polar surface area (TPSA) is 50.1 Å². The van der Waals surface area contributed by atoms with Crippen LogP contribution in [0.3, 0.4) is 0 Å². The third-order valence-electron chi connectivity index (χ3n) is 3.04. The van der Waals surface area contributed by atoms with Crippen LogP contribution in [0.1, 0.15) is 21.8 Å². The predicted molar refractivity (Wildman–Crippen MR) is 77.1 cm³/mol. The molecule has 0 radical (unpaired) electrons. The number of nitriles is 1. The van der Waals surface area contributed by atoms with E-state index in [1.807, 2.05) is 6.07 Å². The van der Waals surface area contributed by atoms with Gasteiger partial charge in [0.2, 0.25) is 0 Å². The molecule has 2 rings (SSSR count). The summed E-state index contributed by atoms with van der Waals surface area (Å²) >= 11 is 5.67. The Labute approximate surface area is 126 Å². The second-order valence-corrected chi connectivity index (χ2v) is 4.71. The van der Waals surface area contributed by atoms with E-state index in [-0.39, 0.29) is 10.6 Å². The van der Waals surface area contributed by atoms with Crippen molar-refractivity contribution in [1.82, 2.24) is 0 Å². The summed E-state index contributed by atoms with van der Waals surface area (Å²) in [6.45, 7) is 0. The molecule has 2 aromatic rings. The van der Waals surface area contributed by atoms with Crippen LogP contribution in [0.25, 0.3) is 0 Å². The summed E-state index contributed by atoms with van der Waals surface area (Å²) in [4.78, 5) is 12.4. The monoisotopic (exact) mass is 303 g/mol. The van der Waals surface area contributed by atoms with Crippen LogP contribution in [-0.4, -0.2) is 12.9 Å². The van der Waals surface area contributed by atoms with Crippen molar-refractivity contribution in [3.05, 3.63) is 64.4 Å². The van der Waals surface area contributed by atoms with E-state index >= 15 is 0 Å². The summed E-state index contributed by atoms with van der Waals surface area (Å²) in [7, 11) is 1.49. The average Bonchev–Trinajstić information content (AvgIpc) is 2.51. The highest BCUT2D eigenvalue weighted by Crippen LogP contribution is 2.27. The van der Waals surface area contributed by atoms with E-state index in [1.165, 1.54) is 25.3 Å². The molecule has 0 amide bonds. The molecule has 0 N–H and O–H groups in total. The number of carbonyl (C=O) groups is 1. The number of halogens is 2. The molecule has 5 heteroatoms. The molecule has 0 saturated heterocycles. The largest absolute Gasteiger partial charge is 0.497 e. The maximum Gasteiger partial charge on any atom is 0.187 e. The molecule has 0 saturated carbocycles. The van der Waals surface area contributed by atoms with Crippen LogP contribution >= 0.6 is 11.6 Å². The fourth-order valence-electron chi connectivity index (χ4n) is 1.96. The van der Waals surface area contributed by atoms with Gasteiger partial charge in [-0.2, -0.15) is 5.26 Å². The molecular weight excluding hydrogens is 293 g/mol. The quantitative estimate of drug-likeness (QED) is 0.803. The van der Waals surface area contributed by atoms with Gasteiger partial charge in [-0.25, -0.2) is 4.39 Å². The second kappa shape index (κ2) is 6.38. The molecule has 0 aliphatic rings. The Morgan fingerprint density at radius 2 is 2.05 bits per heavy atom. The third kappa shape index (κ3) is 3.04. The zero-order valence-corrected chi connectivity index (χ0v) is 11.9. The molecule has 1 atom stereocenters. The predicted octanol–water partition coefficient (Wildman–Crippen LogP) is 3.98. The number of rotatable bonds is 4. The Hall–Kier alpha value is -2.38. The van der Waals surface area contributed by atoms with Crippen molar-refractivity contribution in [2.24, 2.45) is 0 Å². The second-order valence-electron chi connectivity index (χ2n) is 4.30. The van der Waals surface area contributed by atoms with Crippen molar-refractivity contribution in [2.75, 3.05) is 7.11 Å². The molecular formula is C16H11ClFNO2. The van der Waals surface area contributed by atoms with Crippen LogP contribution in [0, 0.1) is 17.1 Å². The lowest BCUT2D eigenvalue weighted by Gasteiger charge is -2.11. The van der Waals surface area contributed by atoms with Crippen LogP contribution in [0.2, 0.25) is 5.02 Å². The van der Waals surface area contributed by atoms with Crippen LogP contribution in [0.5, 0.6) is 5.75 Å². The lowest BCUT2D eigenvalue weighted by atomic mass is 9.91. The molecule has 0 spiro atoms. The van der Waals surface area contributed by atoms with Gasteiger partial charge in [0.05, 0.1) is 23.8 Å². The van der Waals surface area contributed by atoms with Gasteiger partial charge in [0, 0.05) is 0 Å². The lowest BCUT2D eigenvalue weighted by Crippen LogP contribution is -2.13. The van der Waals surface area contributed by atoms with Gasteiger partial charge in [-0.15, -0.1) is 0 Å². The van der Waals surface area contributed by atoms with Gasteiger partial charge < -0.3 is 4.74 Å². The van der Waals surface area contributed by atoms with Crippen molar-refractivity contribution in [3.8, 4) is 11.8 Å². The maximum atomic E-state index is 13.9. The van der Waals surface area contributed by atoms with E-state index < -0.39 is 17.5 Å². The number of ether oxygens (including phenoxy) is 1. The SMILES string of the molecule is COc1cccc(C(C#N)C(=O)c2cccc(Cl)c2F)c1. The molecule has 1 unspecified atom stereocenters. The highest BCUT2D eigenvalue weighted by Gasteiger charge is 2.25. The summed E-state index contributed by atoms with van der Waals surface area (Å²) in [6.07, 6.45) is 0. The summed E-state index contributed by atoms with van der Waals surface area (Å²) in [5, 5.41) is 9.12. The highest BCUT2D eigenvalue weighted by molar-refractivity contribution is 6.31. The molecule has 0 aromatic heterocycles. The zero-order chi connectivity index (χ0) is 15.4. The minimum atomic E-state index is -1.12. The molecule has 21 heavy (non-hydrogen) atoms. The molecule has 0 aliphatic heterocycles. The Kier molecular flexibility index (Phi) is 4.56. The standard InChI is InChI=1S/C16H11ClFNO2/c1-21-11-5-2-4-10(8-11)13(9-19)16(20)12-6-3-7-14(17)15(12)18/h2-8,13H,1H3. The van der Waals surface area contributed by atoms with E-state index in [0.29, 0.717) is 11.3 Å². The summed E-state index contributed by atoms with van der Waals surface area (Å²) in [5.74, 6) is -2.04. The minimum absolute atomic E-state index is 0.150. The first-order chi connectivity index (χ1) is 10.1. The molecule has 0 bridgehead atoms. The van der Waals surface area contributed by atoms with Crippen LogP contribution in [0.15, 0.2) is 42.5 Å². The molecule has 0 fully saturated rings. The molecule has 0 heterocycles. The van der Waals surface area contributed by atoms with Crippen molar-refractivity contribution < 1.29 is 13.9 Å². The lowest BCUT2D eigenvalue weighted by molar-refractivity contribution is 0.0975. The number of nitrogens with zero attached hydrogens (tertiary/aromatic N) is 1. The fraction of sp³-hybridized carbons (Fsp3) is 0.125. The normalized spacial score (nSPS) is 11.5. The summed E-state index contributed by atoms with van der Waals surface area (Å²) < 4.78 is 19.0. The fourth-order valence-corrected chi connectivity index (χ4v) is 2.13. The number of methoxy groups -OCH3 is 1. The maximum absolute atomic E-state index is 13.9. The first-order valence-corrected chi connectivity index (χ1v) is 6.48. The van der Waals surface area contributed by atoms with E-state index in [9.17, 15) is 14.4 Å². The number of ketones is 1. The van der Waals surface area contributed by atoms with E-state index in [0.717, 1.165) is 0 Å². The summed E-state index contributed by atoms with van der Waals surface area (Å²) in [5.41, 5.74) is 0.248. The van der Waals surface area contributed by atoms with Gasteiger partial charge in [0.25, 0.3) is 0 Å². The summed E-state index contributed by atoms with van der Waals surface area (Å²) in [6, 6.07) is 12.6. The Morgan fingerprint density at radius 1 is 1.33 bits per heavy atom. The van der Waals surface area contributed by atoms with Gasteiger partial charge in [-0.1, -0.05) is 29.8 Å². The molecule has 2 aromatic carbocycles. The first-order valence-electron chi connectivity index (χ1n) is 6.10. The van der Waals surface area contributed by atoms with Crippen LogP contribution in [0.4, 0.5) is 4.39 Å². The number of benzene rings is 2. The van der Waals surface area contributed by atoms with Crippen molar-refractivity contribution in [2.45, 2.75) is 5.92 Å². The van der Waals surface area contributed by atoms with Crippen molar-refractivity contribution in [3.63, 3.8) is 0 Å². The Morgan fingerprint density at radius 3 is 2.71 bits per heavy atom. The number of Topliss-reactive ketones (excluding diaryl/α,β-unsaturated/α-hetero) is 1. The van der Waals surface area contributed by atoms with Gasteiger partial charge in [0.15, 0.2) is 11.6 Å². The van der Waals surface area contributed by atoms with Gasteiger partial charge in [-0.05, 0) is 29.8 Å². The molecule has 0 aliphatic carbocycles. The van der Waals surface area contributed by atoms with E-state index in [2.05, 4.69) is 0 Å². The number of hydrogen-bond acceptors (Lipinski definition) is 3. The van der Waals surface area contributed by atoms with Crippen molar-refractivity contribution in [1.29, 1.82) is 5.26 Å². The van der Waals surface area contributed by atoms with Gasteiger partial charge >= 0.3 is 0 Å². The van der Waals surface area contributed by atoms with Crippen LogP contribution < -0.4 is 4.74 Å². The minimum Gasteiger partial charge on any atom is -0.497 e. The smallest absolute Gasteiger partial charge is 0.187 e. The van der Waals surface area contributed by atoms with Crippen LogP contribution in [-0.2, 0) is 0 Å². The van der Waals surface area contributed by atoms with Gasteiger partial charge in [-0.3, -0.25) is 4.79 Å². The average molecular weight is 304 g/mol. The Bertz CT molecular complexity index is 724. The molecule has 3 nitrogen and oxygen atoms in total. The zero-order valence-electron chi connectivity index (χ0n) is 11.1. The number of hydrogen-bond donors (Lipinski definition) is 0. The van der Waals surface area contributed by atoms with Crippen molar-refractivity contribution >= 4 is 17.4 Å². The first kappa shape index (κ1) is 15.0. The number of carbonyl (C=O) groups excluding carboxylic acids is 1. The highest BCUT2D eigenvalue weighted by atomic mass is 35.5.